The van der Waals surface area contributed by atoms with Gasteiger partial charge in [0.15, 0.2) is 6.04 Å². The number of amides is 1. The van der Waals surface area contributed by atoms with E-state index in [9.17, 15) is 9.59 Å². The Morgan fingerprint density at radius 2 is 1.94 bits per heavy atom. The molecule has 1 aromatic rings. The summed E-state index contributed by atoms with van der Waals surface area (Å²) in [4.78, 5) is 22.9. The second-order valence-electron chi connectivity index (χ2n) is 4.05. The molecule has 0 aromatic heterocycles. The van der Waals surface area contributed by atoms with E-state index in [2.05, 4.69) is 5.32 Å². The number of carboxylic acids is 1. The first-order valence-electron chi connectivity index (χ1n) is 5.63. The lowest BCUT2D eigenvalue weighted by atomic mass is 10.1. The molecule has 1 amide bonds. The Balaban J connectivity index is 2.76. The van der Waals surface area contributed by atoms with Crippen molar-refractivity contribution in [2.75, 3.05) is 13.7 Å². The Kier molecular flexibility index (Phi) is 5.32. The first-order valence-corrected chi connectivity index (χ1v) is 5.63. The van der Waals surface area contributed by atoms with Crippen LogP contribution in [0.15, 0.2) is 30.3 Å². The molecule has 1 aromatic carbocycles. The lowest BCUT2D eigenvalue weighted by Crippen LogP contribution is -2.38. The number of carboxylic acid groups (broad SMARTS) is 1. The number of hydrogen-bond acceptors (Lipinski definition) is 3. The second-order valence-corrected chi connectivity index (χ2v) is 4.05. The number of methoxy groups -OCH3 is 1. The van der Waals surface area contributed by atoms with Crippen molar-refractivity contribution in [3.05, 3.63) is 35.9 Å². The summed E-state index contributed by atoms with van der Waals surface area (Å²) in [5, 5.41) is 11.6. The number of hydrogen-bond donors (Lipinski definition) is 2. The van der Waals surface area contributed by atoms with Crippen LogP contribution in [-0.2, 0) is 14.3 Å². The number of carbonyl (C=O) groups is 2. The molecule has 5 heteroatoms. The van der Waals surface area contributed by atoms with Crippen molar-refractivity contribution in [1.29, 1.82) is 0 Å². The van der Waals surface area contributed by atoms with Crippen LogP contribution in [0.5, 0.6) is 0 Å². The average molecular weight is 251 g/mol. The molecule has 0 radical (unpaired) electrons. The monoisotopic (exact) mass is 251 g/mol. The molecule has 98 valence electrons. The normalized spacial score (nSPS) is 13.7. The number of carbonyl (C=O) groups excluding carboxylic acids is 1. The highest BCUT2D eigenvalue weighted by atomic mass is 16.5. The maximum atomic E-state index is 11.8. The van der Waals surface area contributed by atoms with Crippen molar-refractivity contribution >= 4 is 11.9 Å². The van der Waals surface area contributed by atoms with Crippen LogP contribution in [0.2, 0.25) is 0 Å². The van der Waals surface area contributed by atoms with E-state index in [1.54, 1.807) is 37.3 Å². The molecule has 1 unspecified atom stereocenters. The van der Waals surface area contributed by atoms with Crippen LogP contribution in [0.25, 0.3) is 0 Å². The molecular formula is C13H17NO4. The molecule has 0 spiro atoms. The van der Waals surface area contributed by atoms with Gasteiger partial charge in [0.25, 0.3) is 0 Å². The molecule has 0 aliphatic carbocycles. The van der Waals surface area contributed by atoms with Crippen LogP contribution in [0.1, 0.15) is 18.5 Å². The highest BCUT2D eigenvalue weighted by molar-refractivity contribution is 5.85. The SMILES string of the molecule is COCC(C)C(=O)N[C@@H](C(=O)O)c1ccccc1. The molecule has 1 rings (SSSR count). The van der Waals surface area contributed by atoms with E-state index in [-0.39, 0.29) is 18.4 Å². The third-order valence-electron chi connectivity index (χ3n) is 2.53. The Morgan fingerprint density at radius 1 is 1.33 bits per heavy atom. The predicted octanol–water partition coefficient (Wildman–Crippen LogP) is 1.21. The van der Waals surface area contributed by atoms with Gasteiger partial charge in [0.05, 0.1) is 12.5 Å². The lowest BCUT2D eigenvalue weighted by Gasteiger charge is -2.17. The van der Waals surface area contributed by atoms with E-state index >= 15 is 0 Å². The van der Waals surface area contributed by atoms with E-state index < -0.39 is 12.0 Å². The first kappa shape index (κ1) is 14.2. The number of nitrogens with one attached hydrogen (secondary N) is 1. The first-order chi connectivity index (χ1) is 8.56. The van der Waals surface area contributed by atoms with E-state index in [4.69, 9.17) is 9.84 Å². The molecule has 2 N–H and O–H groups in total. The Morgan fingerprint density at radius 3 is 2.44 bits per heavy atom. The fourth-order valence-corrected chi connectivity index (χ4v) is 1.54. The van der Waals surface area contributed by atoms with Gasteiger partial charge in [-0.05, 0) is 5.56 Å². The number of aliphatic carboxylic acids is 1. The summed E-state index contributed by atoms with van der Waals surface area (Å²) in [6.45, 7) is 1.94. The van der Waals surface area contributed by atoms with Crippen molar-refractivity contribution < 1.29 is 19.4 Å². The summed E-state index contributed by atoms with van der Waals surface area (Å²) in [5.74, 6) is -1.81. The Labute approximate surface area is 106 Å². The number of ether oxygens (including phenoxy) is 1. The van der Waals surface area contributed by atoms with Crippen LogP contribution >= 0.6 is 0 Å². The van der Waals surface area contributed by atoms with E-state index in [0.717, 1.165) is 0 Å². The standard InChI is InChI=1S/C13H17NO4/c1-9(8-18-2)12(15)14-11(13(16)17)10-6-4-3-5-7-10/h3-7,9,11H,8H2,1-2H3,(H,14,15)(H,16,17)/t9?,11-/m1/s1. The van der Waals surface area contributed by atoms with Gasteiger partial charge in [-0.25, -0.2) is 4.79 Å². The topological polar surface area (TPSA) is 75.6 Å². The van der Waals surface area contributed by atoms with Crippen LogP contribution in [0.4, 0.5) is 0 Å². The van der Waals surface area contributed by atoms with Gasteiger partial charge in [-0.2, -0.15) is 0 Å². The highest BCUT2D eigenvalue weighted by Gasteiger charge is 2.24. The van der Waals surface area contributed by atoms with Crippen molar-refractivity contribution in [3.63, 3.8) is 0 Å². The quantitative estimate of drug-likeness (QED) is 0.796. The highest BCUT2D eigenvalue weighted by Crippen LogP contribution is 2.13. The summed E-state index contributed by atoms with van der Waals surface area (Å²) >= 11 is 0. The zero-order valence-corrected chi connectivity index (χ0v) is 10.4. The van der Waals surface area contributed by atoms with Gasteiger partial charge in [0.2, 0.25) is 5.91 Å². The van der Waals surface area contributed by atoms with Gasteiger partial charge in [-0.3, -0.25) is 4.79 Å². The fourth-order valence-electron chi connectivity index (χ4n) is 1.54. The molecule has 0 aliphatic heterocycles. The molecule has 5 nitrogen and oxygen atoms in total. The third kappa shape index (κ3) is 3.85. The molecule has 18 heavy (non-hydrogen) atoms. The van der Waals surface area contributed by atoms with Gasteiger partial charge in [-0.1, -0.05) is 37.3 Å². The van der Waals surface area contributed by atoms with Gasteiger partial charge >= 0.3 is 5.97 Å². The van der Waals surface area contributed by atoms with Gasteiger partial charge in [-0.15, -0.1) is 0 Å². The molecule has 0 heterocycles. The Bertz CT molecular complexity index is 405. The number of benzene rings is 1. The van der Waals surface area contributed by atoms with E-state index in [0.29, 0.717) is 5.56 Å². The van der Waals surface area contributed by atoms with Crippen LogP contribution in [0.3, 0.4) is 0 Å². The third-order valence-corrected chi connectivity index (χ3v) is 2.53. The molecule has 0 fully saturated rings. The summed E-state index contributed by atoms with van der Waals surface area (Å²) in [6, 6.07) is 7.56. The summed E-state index contributed by atoms with van der Waals surface area (Å²) in [6.07, 6.45) is 0. The smallest absolute Gasteiger partial charge is 0.330 e. The van der Waals surface area contributed by atoms with Crippen LogP contribution in [-0.4, -0.2) is 30.7 Å². The van der Waals surface area contributed by atoms with Gasteiger partial charge in [0, 0.05) is 7.11 Å². The Hall–Kier alpha value is -1.88. The van der Waals surface area contributed by atoms with E-state index in [1.165, 1.54) is 7.11 Å². The van der Waals surface area contributed by atoms with E-state index in [1.807, 2.05) is 0 Å². The zero-order valence-electron chi connectivity index (χ0n) is 10.4. The maximum Gasteiger partial charge on any atom is 0.330 e. The molecule has 2 atom stereocenters. The molecule has 0 bridgehead atoms. The zero-order chi connectivity index (χ0) is 13.5. The number of rotatable bonds is 6. The van der Waals surface area contributed by atoms with Gasteiger partial charge in [0.1, 0.15) is 0 Å². The molecular weight excluding hydrogens is 234 g/mol. The second kappa shape index (κ2) is 6.76. The van der Waals surface area contributed by atoms with Gasteiger partial charge < -0.3 is 15.2 Å². The molecule has 0 aliphatic rings. The minimum absolute atomic E-state index is 0.257. The van der Waals surface area contributed by atoms with Crippen molar-refractivity contribution in [1.82, 2.24) is 5.32 Å². The average Bonchev–Trinajstić information content (AvgIpc) is 2.36. The molecule has 0 saturated carbocycles. The summed E-state index contributed by atoms with van der Waals surface area (Å²) < 4.78 is 4.86. The molecule has 0 saturated heterocycles. The van der Waals surface area contributed by atoms with Crippen LogP contribution < -0.4 is 5.32 Å². The largest absolute Gasteiger partial charge is 0.479 e. The van der Waals surface area contributed by atoms with Crippen molar-refractivity contribution in [2.24, 2.45) is 5.92 Å². The minimum atomic E-state index is -1.08. The van der Waals surface area contributed by atoms with Crippen molar-refractivity contribution in [3.8, 4) is 0 Å². The minimum Gasteiger partial charge on any atom is -0.479 e. The maximum absolute atomic E-state index is 11.8. The fraction of sp³-hybridized carbons (Fsp3) is 0.385. The predicted molar refractivity (Wildman–Crippen MR) is 66.0 cm³/mol. The lowest BCUT2D eigenvalue weighted by molar-refractivity contribution is -0.142. The van der Waals surface area contributed by atoms with Crippen LogP contribution in [0, 0.1) is 5.92 Å². The van der Waals surface area contributed by atoms with Crippen molar-refractivity contribution in [2.45, 2.75) is 13.0 Å². The summed E-state index contributed by atoms with van der Waals surface area (Å²) in [7, 11) is 1.50. The summed E-state index contributed by atoms with van der Waals surface area (Å²) in [5.41, 5.74) is 0.544.